The Kier molecular flexibility index (Phi) is 5.63. The zero-order valence-electron chi connectivity index (χ0n) is 12.2. The van der Waals surface area contributed by atoms with Gasteiger partial charge in [0.1, 0.15) is 10.0 Å². The zero-order valence-corrected chi connectivity index (χ0v) is 13.7. The van der Waals surface area contributed by atoms with Gasteiger partial charge in [-0.3, -0.25) is 4.79 Å². The summed E-state index contributed by atoms with van der Waals surface area (Å²) in [6, 6.07) is 1.76. The molecule has 22 heavy (non-hydrogen) atoms. The number of ether oxygens (including phenoxy) is 1. The fraction of sp³-hybridized carbons (Fsp3) is 0.357. The molecule has 0 saturated carbocycles. The monoisotopic (exact) mass is 342 g/mol. The van der Waals surface area contributed by atoms with Gasteiger partial charge in [-0.1, -0.05) is 37.0 Å². The van der Waals surface area contributed by atoms with E-state index in [4.69, 9.17) is 27.9 Å². The van der Waals surface area contributed by atoms with Gasteiger partial charge in [0.15, 0.2) is 0 Å². The molecule has 2 heterocycles. The Morgan fingerprint density at radius 3 is 2.82 bits per heavy atom. The van der Waals surface area contributed by atoms with E-state index < -0.39 is 5.56 Å². The van der Waals surface area contributed by atoms with Crippen LogP contribution >= 0.6 is 23.2 Å². The molecule has 2 N–H and O–H groups in total. The van der Waals surface area contributed by atoms with Gasteiger partial charge in [-0.25, -0.2) is 10.1 Å². The van der Waals surface area contributed by atoms with Crippen molar-refractivity contribution in [2.24, 2.45) is 5.92 Å². The molecule has 0 amide bonds. The topological polar surface area (TPSA) is 79.9 Å². The number of pyridine rings is 1. The Labute approximate surface area is 137 Å². The van der Waals surface area contributed by atoms with Gasteiger partial charge in [0.25, 0.3) is 5.56 Å². The van der Waals surface area contributed by atoms with Gasteiger partial charge in [-0.05, 0) is 17.5 Å². The van der Waals surface area contributed by atoms with Crippen molar-refractivity contribution in [2.45, 2.75) is 20.4 Å². The quantitative estimate of drug-likeness (QED) is 0.842. The molecule has 0 radical (unpaired) electrons. The number of aromatic amines is 1. The lowest BCUT2D eigenvalue weighted by atomic mass is 10.2. The van der Waals surface area contributed by atoms with Crippen LogP contribution in [0.25, 0.3) is 0 Å². The molecule has 0 unspecified atom stereocenters. The third-order valence-corrected chi connectivity index (χ3v) is 3.34. The number of rotatable bonds is 6. The normalized spacial score (nSPS) is 10.8. The first kappa shape index (κ1) is 16.6. The number of anilines is 1. The van der Waals surface area contributed by atoms with Gasteiger partial charge < -0.3 is 10.1 Å². The Morgan fingerprint density at radius 2 is 2.14 bits per heavy atom. The van der Waals surface area contributed by atoms with E-state index in [1.807, 2.05) is 13.8 Å². The maximum Gasteiger partial charge on any atom is 0.285 e. The van der Waals surface area contributed by atoms with Crippen LogP contribution in [0.1, 0.15) is 19.4 Å². The Morgan fingerprint density at radius 1 is 1.36 bits per heavy atom. The van der Waals surface area contributed by atoms with E-state index in [0.717, 1.165) is 5.56 Å². The summed E-state index contributed by atoms with van der Waals surface area (Å²) in [5, 5.41) is 9.45. The number of aromatic nitrogens is 3. The standard InChI is InChI=1S/C14H16Cl2N4O2/c1-8(2)7-22-14-10(15)3-9(5-18-14)4-17-11-6-19-20-13(21)12(11)16/h3,5-6,8H,4,7H2,1-2H3,(H2,17,20,21). The highest BCUT2D eigenvalue weighted by atomic mass is 35.5. The second-order valence-electron chi connectivity index (χ2n) is 5.12. The second-order valence-corrected chi connectivity index (χ2v) is 5.90. The lowest BCUT2D eigenvalue weighted by Gasteiger charge is -2.11. The summed E-state index contributed by atoms with van der Waals surface area (Å²) >= 11 is 12.0. The van der Waals surface area contributed by atoms with E-state index in [0.29, 0.717) is 35.7 Å². The molecule has 0 aliphatic rings. The van der Waals surface area contributed by atoms with Crippen molar-refractivity contribution in [1.82, 2.24) is 15.2 Å². The van der Waals surface area contributed by atoms with E-state index in [1.165, 1.54) is 6.20 Å². The molecule has 0 fully saturated rings. The predicted molar refractivity (Wildman–Crippen MR) is 86.8 cm³/mol. The molecule has 118 valence electrons. The first-order valence-corrected chi connectivity index (χ1v) is 7.47. The molecule has 0 atom stereocenters. The largest absolute Gasteiger partial charge is 0.476 e. The van der Waals surface area contributed by atoms with Crippen molar-refractivity contribution >= 4 is 28.9 Å². The molecule has 2 aromatic heterocycles. The molecule has 0 spiro atoms. The first-order valence-electron chi connectivity index (χ1n) is 6.71. The molecule has 0 bridgehead atoms. The van der Waals surface area contributed by atoms with Crippen molar-refractivity contribution < 1.29 is 4.74 Å². The minimum Gasteiger partial charge on any atom is -0.476 e. The lowest BCUT2D eigenvalue weighted by molar-refractivity contribution is 0.261. The van der Waals surface area contributed by atoms with E-state index in [1.54, 1.807) is 12.3 Å². The van der Waals surface area contributed by atoms with Crippen LogP contribution in [0.5, 0.6) is 5.88 Å². The van der Waals surface area contributed by atoms with Crippen LogP contribution in [0.3, 0.4) is 0 Å². The van der Waals surface area contributed by atoms with Gasteiger partial charge in [-0.2, -0.15) is 5.10 Å². The fourth-order valence-corrected chi connectivity index (χ4v) is 2.02. The lowest BCUT2D eigenvalue weighted by Crippen LogP contribution is -2.12. The maximum absolute atomic E-state index is 11.3. The van der Waals surface area contributed by atoms with Crippen LogP contribution in [0, 0.1) is 5.92 Å². The summed E-state index contributed by atoms with van der Waals surface area (Å²) in [7, 11) is 0. The minimum atomic E-state index is -0.444. The van der Waals surface area contributed by atoms with Crippen molar-refractivity contribution in [3.63, 3.8) is 0 Å². The van der Waals surface area contributed by atoms with Gasteiger partial charge in [0.05, 0.1) is 18.5 Å². The number of hydrogen-bond donors (Lipinski definition) is 2. The summed E-state index contributed by atoms with van der Waals surface area (Å²) in [5.41, 5.74) is 0.833. The molecule has 0 aromatic carbocycles. The van der Waals surface area contributed by atoms with E-state index in [9.17, 15) is 4.79 Å². The summed E-state index contributed by atoms with van der Waals surface area (Å²) in [5.74, 6) is 0.806. The first-order chi connectivity index (χ1) is 10.5. The molecular weight excluding hydrogens is 327 g/mol. The van der Waals surface area contributed by atoms with Crippen molar-refractivity contribution in [3.8, 4) is 5.88 Å². The van der Waals surface area contributed by atoms with Gasteiger partial charge >= 0.3 is 0 Å². The number of halogens is 2. The second kappa shape index (κ2) is 7.47. The van der Waals surface area contributed by atoms with Crippen molar-refractivity contribution in [3.05, 3.63) is 44.4 Å². The van der Waals surface area contributed by atoms with Gasteiger partial charge in [0.2, 0.25) is 5.88 Å². The van der Waals surface area contributed by atoms with Gasteiger partial charge in [0, 0.05) is 12.7 Å². The Balaban J connectivity index is 2.03. The fourth-order valence-electron chi connectivity index (χ4n) is 1.62. The summed E-state index contributed by atoms with van der Waals surface area (Å²) in [6.07, 6.45) is 3.10. The van der Waals surface area contributed by atoms with E-state index in [-0.39, 0.29) is 5.02 Å². The average Bonchev–Trinajstić information content (AvgIpc) is 2.47. The Hall–Kier alpha value is -1.79. The van der Waals surface area contributed by atoms with Crippen LogP contribution in [0.15, 0.2) is 23.3 Å². The van der Waals surface area contributed by atoms with Crippen molar-refractivity contribution in [2.75, 3.05) is 11.9 Å². The molecule has 6 nitrogen and oxygen atoms in total. The van der Waals surface area contributed by atoms with Crippen LogP contribution in [0.4, 0.5) is 5.69 Å². The number of H-pyrrole nitrogens is 1. The highest BCUT2D eigenvalue weighted by Crippen LogP contribution is 2.23. The molecule has 0 aliphatic carbocycles. The minimum absolute atomic E-state index is 0.0611. The summed E-state index contributed by atoms with van der Waals surface area (Å²) in [6.45, 7) is 5.05. The average molecular weight is 343 g/mol. The van der Waals surface area contributed by atoms with Gasteiger partial charge in [-0.15, -0.1) is 0 Å². The summed E-state index contributed by atoms with van der Waals surface area (Å²) in [4.78, 5) is 15.5. The molecule has 0 saturated heterocycles. The molecule has 0 aliphatic heterocycles. The molecular formula is C14H16Cl2N4O2. The summed E-state index contributed by atoms with van der Waals surface area (Å²) < 4.78 is 5.51. The number of hydrogen-bond acceptors (Lipinski definition) is 5. The number of nitrogens with zero attached hydrogens (tertiary/aromatic N) is 2. The highest BCUT2D eigenvalue weighted by molar-refractivity contribution is 6.33. The van der Waals surface area contributed by atoms with Crippen LogP contribution in [0.2, 0.25) is 10.0 Å². The third-order valence-electron chi connectivity index (χ3n) is 2.70. The molecule has 8 heteroatoms. The zero-order chi connectivity index (χ0) is 16.1. The highest BCUT2D eigenvalue weighted by Gasteiger charge is 2.08. The maximum atomic E-state index is 11.3. The molecule has 2 aromatic rings. The molecule has 2 rings (SSSR count). The Bertz CT molecular complexity index is 703. The van der Waals surface area contributed by atoms with Crippen LogP contribution < -0.4 is 15.6 Å². The van der Waals surface area contributed by atoms with Crippen molar-refractivity contribution in [1.29, 1.82) is 0 Å². The van der Waals surface area contributed by atoms with Crippen LogP contribution in [-0.2, 0) is 6.54 Å². The van der Waals surface area contributed by atoms with Crippen LogP contribution in [-0.4, -0.2) is 21.8 Å². The van der Waals surface area contributed by atoms with E-state index in [2.05, 4.69) is 20.5 Å². The number of nitrogens with one attached hydrogen (secondary N) is 2. The predicted octanol–water partition coefficient (Wildman–Crippen LogP) is 3.12. The smallest absolute Gasteiger partial charge is 0.285 e. The van der Waals surface area contributed by atoms with E-state index >= 15 is 0 Å². The third kappa shape index (κ3) is 4.35. The SMILES string of the molecule is CC(C)COc1ncc(CNc2cn[nH]c(=O)c2Cl)cc1Cl.